The zero-order valence-corrected chi connectivity index (χ0v) is 12.9. The van der Waals surface area contributed by atoms with Crippen LogP contribution >= 0.6 is 0 Å². The fourth-order valence-corrected chi connectivity index (χ4v) is 2.43. The number of benzene rings is 1. The van der Waals surface area contributed by atoms with E-state index in [9.17, 15) is 4.79 Å². The van der Waals surface area contributed by atoms with Crippen LogP contribution in [0.1, 0.15) is 22.3 Å². The van der Waals surface area contributed by atoms with Crippen LogP contribution in [0.5, 0.6) is 5.88 Å². The maximum absolute atomic E-state index is 12.1. The molecule has 3 rings (SSSR count). The molecule has 23 heavy (non-hydrogen) atoms. The van der Waals surface area contributed by atoms with Gasteiger partial charge in [0, 0.05) is 25.2 Å². The Morgan fingerprint density at radius 2 is 2.13 bits per heavy atom. The lowest BCUT2D eigenvalue weighted by atomic mass is 10.1. The van der Waals surface area contributed by atoms with Crippen LogP contribution in [-0.4, -0.2) is 36.8 Å². The summed E-state index contributed by atoms with van der Waals surface area (Å²) in [6.07, 6.45) is 3.29. The van der Waals surface area contributed by atoms with E-state index in [1.165, 1.54) is 5.56 Å². The highest BCUT2D eigenvalue weighted by Gasteiger charge is 2.17. The number of nitrogens with zero attached hydrogens (tertiary/aromatic N) is 1. The number of aromatic nitrogens is 1. The summed E-state index contributed by atoms with van der Waals surface area (Å²) < 4.78 is 10.9. The molecule has 2 aromatic rings. The van der Waals surface area contributed by atoms with Crippen molar-refractivity contribution in [1.29, 1.82) is 0 Å². The van der Waals surface area contributed by atoms with Crippen molar-refractivity contribution in [1.82, 2.24) is 10.3 Å². The molecule has 0 radical (unpaired) electrons. The molecule has 2 heterocycles. The Labute approximate surface area is 135 Å². The van der Waals surface area contributed by atoms with Crippen LogP contribution in [0.4, 0.5) is 0 Å². The first-order chi connectivity index (χ1) is 11.3. The van der Waals surface area contributed by atoms with Gasteiger partial charge in [0.2, 0.25) is 5.88 Å². The van der Waals surface area contributed by atoms with Crippen molar-refractivity contribution < 1.29 is 14.3 Å². The molecule has 1 N–H and O–H groups in total. The molecule has 5 heteroatoms. The standard InChI is InChI=1S/C18H20N2O3/c21-18(19-10-8-14-4-2-1-3-5-14)15-6-7-17(20-12-15)23-16-9-11-22-13-16/h1-7,12,16H,8-11,13H2,(H,19,21). The van der Waals surface area contributed by atoms with E-state index in [0.717, 1.165) is 19.4 Å². The molecule has 0 spiro atoms. The van der Waals surface area contributed by atoms with Gasteiger partial charge in [-0.2, -0.15) is 0 Å². The third-order valence-electron chi connectivity index (χ3n) is 3.72. The van der Waals surface area contributed by atoms with Gasteiger partial charge in [-0.3, -0.25) is 4.79 Å². The minimum Gasteiger partial charge on any atom is -0.472 e. The number of amides is 1. The molecular weight excluding hydrogens is 292 g/mol. The molecule has 0 aliphatic carbocycles. The predicted octanol–water partition coefficient (Wildman–Crippen LogP) is 2.22. The van der Waals surface area contributed by atoms with Crippen LogP contribution < -0.4 is 10.1 Å². The Kier molecular flexibility index (Phi) is 5.21. The quantitative estimate of drug-likeness (QED) is 0.888. The smallest absolute Gasteiger partial charge is 0.252 e. The van der Waals surface area contributed by atoms with Crippen molar-refractivity contribution >= 4 is 5.91 Å². The summed E-state index contributed by atoms with van der Waals surface area (Å²) in [5.74, 6) is 0.408. The average molecular weight is 312 g/mol. The minimum absolute atomic E-state index is 0.0630. The predicted molar refractivity (Wildman–Crippen MR) is 86.6 cm³/mol. The molecule has 1 aromatic carbocycles. The van der Waals surface area contributed by atoms with Crippen LogP contribution in [0.3, 0.4) is 0 Å². The van der Waals surface area contributed by atoms with Gasteiger partial charge in [0.05, 0.1) is 18.8 Å². The van der Waals surface area contributed by atoms with Gasteiger partial charge in [-0.15, -0.1) is 0 Å². The molecule has 1 fully saturated rings. The second kappa shape index (κ2) is 7.74. The van der Waals surface area contributed by atoms with Crippen molar-refractivity contribution in [3.05, 3.63) is 59.8 Å². The van der Waals surface area contributed by atoms with E-state index in [0.29, 0.717) is 24.6 Å². The molecule has 1 aromatic heterocycles. The summed E-state index contributed by atoms with van der Waals surface area (Å²) in [6.45, 7) is 1.93. The highest BCUT2D eigenvalue weighted by molar-refractivity contribution is 5.93. The summed E-state index contributed by atoms with van der Waals surface area (Å²) in [5, 5.41) is 2.90. The van der Waals surface area contributed by atoms with Crippen molar-refractivity contribution in [2.45, 2.75) is 18.9 Å². The van der Waals surface area contributed by atoms with Crippen LogP contribution in [-0.2, 0) is 11.2 Å². The second-order valence-corrected chi connectivity index (χ2v) is 5.48. The van der Waals surface area contributed by atoms with Crippen molar-refractivity contribution in [2.24, 2.45) is 0 Å². The molecule has 1 aliphatic heterocycles. The number of carbonyl (C=O) groups is 1. The average Bonchev–Trinajstić information content (AvgIpc) is 3.09. The van der Waals surface area contributed by atoms with Gasteiger partial charge in [-0.1, -0.05) is 30.3 Å². The van der Waals surface area contributed by atoms with E-state index in [-0.39, 0.29) is 12.0 Å². The molecule has 1 unspecified atom stereocenters. The number of hydrogen-bond acceptors (Lipinski definition) is 4. The zero-order valence-electron chi connectivity index (χ0n) is 12.9. The fraction of sp³-hybridized carbons (Fsp3) is 0.333. The van der Waals surface area contributed by atoms with E-state index >= 15 is 0 Å². The van der Waals surface area contributed by atoms with Gasteiger partial charge in [0.25, 0.3) is 5.91 Å². The Morgan fingerprint density at radius 3 is 2.83 bits per heavy atom. The first-order valence-electron chi connectivity index (χ1n) is 7.84. The van der Waals surface area contributed by atoms with Crippen LogP contribution in [0.2, 0.25) is 0 Å². The van der Waals surface area contributed by atoms with Gasteiger partial charge in [0.1, 0.15) is 6.10 Å². The van der Waals surface area contributed by atoms with E-state index < -0.39 is 0 Å². The summed E-state index contributed by atoms with van der Waals surface area (Å²) in [7, 11) is 0. The monoisotopic (exact) mass is 312 g/mol. The third kappa shape index (κ3) is 4.53. The molecule has 1 amide bonds. The van der Waals surface area contributed by atoms with Gasteiger partial charge in [-0.25, -0.2) is 4.98 Å². The molecule has 120 valence electrons. The minimum atomic E-state index is -0.121. The normalized spacial score (nSPS) is 17.0. The second-order valence-electron chi connectivity index (χ2n) is 5.48. The van der Waals surface area contributed by atoms with Gasteiger partial charge < -0.3 is 14.8 Å². The van der Waals surface area contributed by atoms with E-state index in [4.69, 9.17) is 9.47 Å². The zero-order chi connectivity index (χ0) is 15.9. The number of hydrogen-bond donors (Lipinski definition) is 1. The largest absolute Gasteiger partial charge is 0.472 e. The summed E-state index contributed by atoms with van der Waals surface area (Å²) in [5.41, 5.74) is 1.74. The van der Waals surface area contributed by atoms with Crippen LogP contribution in [0.15, 0.2) is 48.7 Å². The molecule has 0 bridgehead atoms. The third-order valence-corrected chi connectivity index (χ3v) is 3.72. The summed E-state index contributed by atoms with van der Waals surface area (Å²) in [4.78, 5) is 16.3. The molecule has 1 saturated heterocycles. The van der Waals surface area contributed by atoms with Gasteiger partial charge in [0.15, 0.2) is 0 Å². The number of ether oxygens (including phenoxy) is 2. The lowest BCUT2D eigenvalue weighted by molar-refractivity contribution is 0.0953. The molecule has 0 saturated carbocycles. The maximum Gasteiger partial charge on any atom is 0.252 e. The van der Waals surface area contributed by atoms with Crippen molar-refractivity contribution in [3.8, 4) is 5.88 Å². The highest BCUT2D eigenvalue weighted by atomic mass is 16.5. The molecule has 1 atom stereocenters. The Hall–Kier alpha value is -2.40. The first kappa shape index (κ1) is 15.5. The molecule has 5 nitrogen and oxygen atoms in total. The lowest BCUT2D eigenvalue weighted by Crippen LogP contribution is -2.25. The van der Waals surface area contributed by atoms with Gasteiger partial charge >= 0.3 is 0 Å². The van der Waals surface area contributed by atoms with Crippen LogP contribution in [0.25, 0.3) is 0 Å². The van der Waals surface area contributed by atoms with E-state index in [1.807, 2.05) is 30.3 Å². The number of pyridine rings is 1. The van der Waals surface area contributed by atoms with Crippen LogP contribution in [0, 0.1) is 0 Å². The first-order valence-corrected chi connectivity index (χ1v) is 7.84. The molecule has 1 aliphatic rings. The summed E-state index contributed by atoms with van der Waals surface area (Å²) >= 11 is 0. The number of nitrogens with one attached hydrogen (secondary N) is 1. The fourth-order valence-electron chi connectivity index (χ4n) is 2.43. The number of carbonyl (C=O) groups excluding carboxylic acids is 1. The summed E-state index contributed by atoms with van der Waals surface area (Å²) in [6, 6.07) is 13.5. The molecular formula is C18H20N2O3. The van der Waals surface area contributed by atoms with E-state index in [1.54, 1.807) is 18.3 Å². The lowest BCUT2D eigenvalue weighted by Gasteiger charge is -2.11. The van der Waals surface area contributed by atoms with Gasteiger partial charge in [-0.05, 0) is 18.1 Å². The Morgan fingerprint density at radius 1 is 1.26 bits per heavy atom. The maximum atomic E-state index is 12.1. The van der Waals surface area contributed by atoms with E-state index in [2.05, 4.69) is 10.3 Å². The highest BCUT2D eigenvalue weighted by Crippen LogP contribution is 2.14. The topological polar surface area (TPSA) is 60.5 Å². The Bertz CT molecular complexity index is 622. The Balaban J connectivity index is 1.47. The number of rotatable bonds is 6. The SMILES string of the molecule is O=C(NCCc1ccccc1)c1ccc(OC2CCOC2)nc1. The van der Waals surface area contributed by atoms with Crippen molar-refractivity contribution in [3.63, 3.8) is 0 Å². The van der Waals surface area contributed by atoms with Crippen molar-refractivity contribution in [2.75, 3.05) is 19.8 Å².